The minimum atomic E-state index is -4.66. The summed E-state index contributed by atoms with van der Waals surface area (Å²) in [5.41, 5.74) is 0. The first-order valence-corrected chi connectivity index (χ1v) is 13.6. The van der Waals surface area contributed by atoms with Gasteiger partial charge in [-0.3, -0.25) is 4.18 Å². The molecule has 0 aliphatic rings. The fourth-order valence-corrected chi connectivity index (χ4v) is 5.10. The van der Waals surface area contributed by atoms with Gasteiger partial charge in [-0.1, -0.05) is 72.8 Å². The van der Waals surface area contributed by atoms with E-state index >= 15 is 0 Å². The van der Waals surface area contributed by atoms with Gasteiger partial charge in [-0.25, -0.2) is 13.2 Å². The molecular weight excluding hydrogens is 584 g/mol. The molecule has 1 N–H and O–H groups in total. The summed E-state index contributed by atoms with van der Waals surface area (Å²) in [6.45, 7) is 6.45. The molecule has 0 unspecified atom stereocenters. The SMILES string of the molecule is CC[C@@H](O)[C@@H](C)[C@H](F)C=NOC.CC[C@@H](OS(=O)(=O)c1c(Cl)cc(Cl)c(Cl)c1F)[C@@H](C)[C@H](F)C=NOC. The highest BCUT2D eigenvalue weighted by molar-refractivity contribution is 7.87. The Hall–Kier alpha value is -1.31. The van der Waals surface area contributed by atoms with Gasteiger partial charge in [-0.15, -0.1) is 0 Å². The molecular formula is C22H32Cl3F3N2O6S. The lowest BCUT2D eigenvalue weighted by atomic mass is 9.98. The second-order valence-corrected chi connectivity index (χ2v) is 10.5. The highest BCUT2D eigenvalue weighted by atomic mass is 35.5. The van der Waals surface area contributed by atoms with Gasteiger partial charge in [-0.2, -0.15) is 8.42 Å². The molecule has 0 aromatic heterocycles. The van der Waals surface area contributed by atoms with Crippen LogP contribution < -0.4 is 0 Å². The average Bonchev–Trinajstić information content (AvgIpc) is 2.86. The third-order valence-electron chi connectivity index (χ3n) is 5.21. The molecule has 0 spiro atoms. The Morgan fingerprint density at radius 2 is 1.46 bits per heavy atom. The van der Waals surface area contributed by atoms with Crippen LogP contribution in [-0.4, -0.2) is 64.7 Å². The van der Waals surface area contributed by atoms with Crippen molar-refractivity contribution in [3.63, 3.8) is 0 Å². The van der Waals surface area contributed by atoms with Gasteiger partial charge in [0, 0.05) is 11.8 Å². The molecule has 0 aliphatic heterocycles. The maximum Gasteiger partial charge on any atom is 0.301 e. The van der Waals surface area contributed by atoms with E-state index in [0.717, 1.165) is 18.5 Å². The van der Waals surface area contributed by atoms with Crippen LogP contribution in [0.25, 0.3) is 0 Å². The number of oxime groups is 2. The Morgan fingerprint density at radius 1 is 0.973 bits per heavy atom. The molecule has 1 rings (SSSR count). The summed E-state index contributed by atoms with van der Waals surface area (Å²) in [5.74, 6) is -2.68. The molecule has 0 fully saturated rings. The first-order valence-electron chi connectivity index (χ1n) is 11.1. The second-order valence-electron chi connectivity index (χ2n) is 7.75. The van der Waals surface area contributed by atoms with Crippen molar-refractivity contribution in [2.24, 2.45) is 22.1 Å². The van der Waals surface area contributed by atoms with Crippen molar-refractivity contribution in [3.8, 4) is 0 Å². The van der Waals surface area contributed by atoms with Crippen LogP contribution in [0.4, 0.5) is 13.2 Å². The first-order chi connectivity index (χ1) is 17.2. The van der Waals surface area contributed by atoms with E-state index < -0.39 is 67.3 Å². The van der Waals surface area contributed by atoms with Gasteiger partial charge in [0.05, 0.1) is 39.7 Å². The molecule has 0 aliphatic carbocycles. The Kier molecular flexibility index (Phi) is 16.7. The van der Waals surface area contributed by atoms with Crippen LogP contribution in [0.5, 0.6) is 0 Å². The van der Waals surface area contributed by atoms with Crippen molar-refractivity contribution in [2.75, 3.05) is 14.2 Å². The molecule has 0 radical (unpaired) electrons. The monoisotopic (exact) mass is 614 g/mol. The number of aliphatic hydroxyl groups excluding tert-OH is 1. The smallest absolute Gasteiger partial charge is 0.301 e. The quantitative estimate of drug-likeness (QED) is 0.0926. The molecule has 0 saturated heterocycles. The standard InChI is InChI=1S/C14H16Cl3F2NO4S.C8H16FNO2/c1-4-11(7(2)10(18)6-20-23-3)24-25(21,22)14-9(16)5-8(15)12(17)13(14)19;1-4-8(11)6(2)7(9)5-10-12-3/h5-7,10-11H,4H2,1-3H3;5-8,11H,4H2,1-3H3/t7-,10+,11+;6-,7+,8+/m00/s1. The lowest BCUT2D eigenvalue weighted by molar-refractivity contribution is 0.0827. The van der Waals surface area contributed by atoms with Crippen LogP contribution in [0.2, 0.25) is 15.1 Å². The lowest BCUT2D eigenvalue weighted by Gasteiger charge is -2.24. The van der Waals surface area contributed by atoms with Gasteiger partial charge in [0.25, 0.3) is 0 Å². The normalized spacial score (nSPS) is 17.0. The van der Waals surface area contributed by atoms with E-state index in [1.165, 1.54) is 21.1 Å². The van der Waals surface area contributed by atoms with Gasteiger partial charge in [-0.05, 0) is 18.9 Å². The molecule has 8 nitrogen and oxygen atoms in total. The molecule has 0 bridgehead atoms. The van der Waals surface area contributed by atoms with Gasteiger partial charge >= 0.3 is 10.1 Å². The van der Waals surface area contributed by atoms with Crippen molar-refractivity contribution in [1.82, 2.24) is 0 Å². The van der Waals surface area contributed by atoms with Crippen LogP contribution in [0, 0.1) is 17.7 Å². The zero-order valence-corrected chi connectivity index (χ0v) is 24.3. The highest BCUT2D eigenvalue weighted by Gasteiger charge is 2.34. The summed E-state index contributed by atoms with van der Waals surface area (Å²) in [5, 5.41) is 14.5. The summed E-state index contributed by atoms with van der Waals surface area (Å²) in [6, 6.07) is 0.984. The fourth-order valence-electron chi connectivity index (χ4n) is 2.82. The molecule has 214 valence electrons. The Morgan fingerprint density at radius 3 is 1.89 bits per heavy atom. The van der Waals surface area contributed by atoms with E-state index in [2.05, 4.69) is 20.0 Å². The third-order valence-corrected chi connectivity index (χ3v) is 7.78. The van der Waals surface area contributed by atoms with Crippen LogP contribution in [0.3, 0.4) is 0 Å². The predicted molar refractivity (Wildman–Crippen MR) is 139 cm³/mol. The molecule has 0 heterocycles. The molecule has 1 aromatic carbocycles. The zero-order chi connectivity index (χ0) is 28.9. The topological polar surface area (TPSA) is 107 Å². The summed E-state index contributed by atoms with van der Waals surface area (Å²) in [4.78, 5) is 7.75. The highest BCUT2D eigenvalue weighted by Crippen LogP contribution is 2.37. The van der Waals surface area contributed by atoms with E-state index in [1.807, 2.05) is 0 Å². The molecule has 0 amide bonds. The maximum absolute atomic E-state index is 14.2. The van der Waals surface area contributed by atoms with E-state index in [4.69, 9.17) is 39.0 Å². The summed E-state index contributed by atoms with van der Waals surface area (Å²) in [6.07, 6.45) is -2.02. The van der Waals surface area contributed by atoms with Crippen molar-refractivity contribution in [1.29, 1.82) is 0 Å². The Bertz CT molecular complexity index is 1000. The zero-order valence-electron chi connectivity index (χ0n) is 21.2. The summed E-state index contributed by atoms with van der Waals surface area (Å²) >= 11 is 17.0. The van der Waals surface area contributed by atoms with Gasteiger partial charge in [0.15, 0.2) is 5.82 Å². The number of benzene rings is 1. The number of alkyl halides is 2. The van der Waals surface area contributed by atoms with Crippen molar-refractivity contribution in [2.45, 2.75) is 70.0 Å². The fraction of sp³-hybridized carbons (Fsp3) is 0.636. The van der Waals surface area contributed by atoms with E-state index in [1.54, 1.807) is 20.8 Å². The largest absolute Gasteiger partial charge is 0.399 e. The predicted octanol–water partition coefficient (Wildman–Crippen LogP) is 6.24. The minimum absolute atomic E-state index is 0.127. The molecule has 37 heavy (non-hydrogen) atoms. The Labute approximate surface area is 230 Å². The lowest BCUT2D eigenvalue weighted by Crippen LogP contribution is -2.32. The van der Waals surface area contributed by atoms with Crippen LogP contribution >= 0.6 is 34.8 Å². The summed E-state index contributed by atoms with van der Waals surface area (Å²) < 4.78 is 71.1. The molecule has 1 aromatic rings. The van der Waals surface area contributed by atoms with Gasteiger partial charge < -0.3 is 14.8 Å². The van der Waals surface area contributed by atoms with E-state index in [9.17, 15) is 26.7 Å². The number of nitrogens with zero attached hydrogens (tertiary/aromatic N) is 2. The van der Waals surface area contributed by atoms with E-state index in [0.29, 0.717) is 6.42 Å². The average molecular weight is 616 g/mol. The third kappa shape index (κ3) is 11.1. The van der Waals surface area contributed by atoms with Crippen LogP contribution in [0.15, 0.2) is 21.3 Å². The number of hydrogen-bond acceptors (Lipinski definition) is 8. The van der Waals surface area contributed by atoms with Gasteiger partial charge in [0.2, 0.25) is 0 Å². The summed E-state index contributed by atoms with van der Waals surface area (Å²) in [7, 11) is -2.08. The number of rotatable bonds is 13. The number of aliphatic hydroxyl groups is 1. The molecule has 6 atom stereocenters. The first kappa shape index (κ1) is 35.7. The molecule has 0 saturated carbocycles. The maximum atomic E-state index is 14.2. The minimum Gasteiger partial charge on any atom is -0.399 e. The number of hydrogen-bond donors (Lipinski definition) is 1. The van der Waals surface area contributed by atoms with E-state index in [-0.39, 0.29) is 11.4 Å². The van der Waals surface area contributed by atoms with Crippen molar-refractivity contribution >= 4 is 57.4 Å². The second kappa shape index (κ2) is 17.3. The van der Waals surface area contributed by atoms with Crippen molar-refractivity contribution in [3.05, 3.63) is 27.0 Å². The molecule has 15 heteroatoms. The van der Waals surface area contributed by atoms with Gasteiger partial charge in [0.1, 0.15) is 31.5 Å². The van der Waals surface area contributed by atoms with Crippen LogP contribution in [-0.2, 0) is 24.0 Å². The van der Waals surface area contributed by atoms with Crippen molar-refractivity contribution < 1.29 is 40.6 Å². The number of halogens is 6. The van der Waals surface area contributed by atoms with Crippen LogP contribution in [0.1, 0.15) is 40.5 Å². The Balaban J connectivity index is 0.000000908.